The van der Waals surface area contributed by atoms with Crippen molar-refractivity contribution in [2.45, 2.75) is 49.5 Å². The van der Waals surface area contributed by atoms with E-state index in [4.69, 9.17) is 0 Å². The molecule has 1 fully saturated rings. The summed E-state index contributed by atoms with van der Waals surface area (Å²) in [6.07, 6.45) is 7.30. The second-order valence-corrected chi connectivity index (χ2v) is 10.4. The van der Waals surface area contributed by atoms with E-state index in [1.54, 1.807) is 24.1 Å². The SMILES string of the molecule is CN(Cc1ccccc1)c1ncc(NS(=O)(=O)c2ccc(C3CCCCC3)cc2)cc1C(=O)O. The molecule has 0 unspecified atom stereocenters. The number of sulfonamides is 1. The van der Waals surface area contributed by atoms with Gasteiger partial charge in [-0.15, -0.1) is 0 Å². The Labute approximate surface area is 200 Å². The van der Waals surface area contributed by atoms with Gasteiger partial charge in [0.05, 0.1) is 16.8 Å². The molecule has 1 heterocycles. The molecule has 4 rings (SSSR count). The molecule has 1 aliphatic carbocycles. The minimum Gasteiger partial charge on any atom is -0.478 e. The van der Waals surface area contributed by atoms with Crippen LogP contribution in [0.4, 0.5) is 11.5 Å². The zero-order valence-electron chi connectivity index (χ0n) is 19.1. The summed E-state index contributed by atoms with van der Waals surface area (Å²) < 4.78 is 28.3. The van der Waals surface area contributed by atoms with Gasteiger partial charge in [-0.1, -0.05) is 61.7 Å². The van der Waals surface area contributed by atoms with Crippen molar-refractivity contribution in [1.82, 2.24) is 4.98 Å². The Balaban J connectivity index is 1.52. The minimum absolute atomic E-state index is 0.0775. The van der Waals surface area contributed by atoms with E-state index >= 15 is 0 Å². The third kappa shape index (κ3) is 5.56. The zero-order valence-corrected chi connectivity index (χ0v) is 20.0. The van der Waals surface area contributed by atoms with Gasteiger partial charge < -0.3 is 10.0 Å². The number of carboxylic acids is 1. The summed E-state index contributed by atoms with van der Waals surface area (Å²) in [5.41, 5.74) is 2.20. The Bertz CT molecular complexity index is 1240. The first-order chi connectivity index (χ1) is 16.3. The molecule has 3 aromatic rings. The number of carbonyl (C=O) groups is 1. The average molecular weight is 480 g/mol. The fourth-order valence-electron chi connectivity index (χ4n) is 4.48. The van der Waals surface area contributed by atoms with Crippen molar-refractivity contribution in [2.24, 2.45) is 0 Å². The average Bonchev–Trinajstić information content (AvgIpc) is 2.85. The fourth-order valence-corrected chi connectivity index (χ4v) is 5.51. The highest BCUT2D eigenvalue weighted by Crippen LogP contribution is 2.33. The predicted molar refractivity (Wildman–Crippen MR) is 133 cm³/mol. The highest BCUT2D eigenvalue weighted by atomic mass is 32.2. The zero-order chi connectivity index (χ0) is 24.1. The van der Waals surface area contributed by atoms with E-state index in [2.05, 4.69) is 9.71 Å². The molecule has 0 aliphatic heterocycles. The number of aromatic nitrogens is 1. The number of aromatic carboxylic acids is 1. The molecule has 0 radical (unpaired) electrons. The topological polar surface area (TPSA) is 99.6 Å². The van der Waals surface area contributed by atoms with E-state index in [0.29, 0.717) is 12.5 Å². The lowest BCUT2D eigenvalue weighted by Crippen LogP contribution is -2.21. The van der Waals surface area contributed by atoms with Crippen LogP contribution in [0.2, 0.25) is 0 Å². The summed E-state index contributed by atoms with van der Waals surface area (Å²) in [5, 5.41) is 9.73. The maximum absolute atomic E-state index is 12.9. The van der Waals surface area contributed by atoms with Crippen molar-refractivity contribution < 1.29 is 18.3 Å². The molecule has 34 heavy (non-hydrogen) atoms. The third-order valence-electron chi connectivity index (χ3n) is 6.24. The Hall–Kier alpha value is -3.39. The maximum atomic E-state index is 12.9. The van der Waals surface area contributed by atoms with Gasteiger partial charge in [-0.25, -0.2) is 18.2 Å². The molecule has 8 heteroatoms. The van der Waals surface area contributed by atoms with E-state index in [1.165, 1.54) is 37.1 Å². The number of carboxylic acid groups (broad SMARTS) is 1. The van der Waals surface area contributed by atoms with Crippen molar-refractivity contribution >= 4 is 27.5 Å². The lowest BCUT2D eigenvalue weighted by atomic mass is 9.84. The number of nitrogens with zero attached hydrogens (tertiary/aromatic N) is 2. The molecule has 0 bridgehead atoms. The van der Waals surface area contributed by atoms with Gasteiger partial charge in [0.15, 0.2) is 0 Å². The molecule has 0 atom stereocenters. The van der Waals surface area contributed by atoms with Crippen LogP contribution >= 0.6 is 0 Å². The number of hydrogen-bond acceptors (Lipinski definition) is 5. The summed E-state index contributed by atoms with van der Waals surface area (Å²) in [6.45, 7) is 0.465. The molecule has 2 N–H and O–H groups in total. The van der Waals surface area contributed by atoms with Crippen LogP contribution in [0.15, 0.2) is 71.8 Å². The molecule has 0 saturated heterocycles. The summed E-state index contributed by atoms with van der Waals surface area (Å²) in [5.74, 6) is -0.433. The van der Waals surface area contributed by atoms with Crippen molar-refractivity contribution in [3.05, 3.63) is 83.6 Å². The molecule has 0 spiro atoms. The van der Waals surface area contributed by atoms with Gasteiger partial charge in [-0.3, -0.25) is 4.72 Å². The molecular formula is C26H29N3O4S. The molecule has 2 aromatic carbocycles. The molecule has 1 aliphatic rings. The van der Waals surface area contributed by atoms with E-state index in [9.17, 15) is 18.3 Å². The first-order valence-corrected chi connectivity index (χ1v) is 12.9. The second kappa shape index (κ2) is 10.3. The van der Waals surface area contributed by atoms with Gasteiger partial charge in [0.2, 0.25) is 0 Å². The number of hydrogen-bond donors (Lipinski definition) is 2. The van der Waals surface area contributed by atoms with Crippen LogP contribution in [0.1, 0.15) is 59.5 Å². The highest BCUT2D eigenvalue weighted by molar-refractivity contribution is 7.92. The quantitative estimate of drug-likeness (QED) is 0.457. The summed E-state index contributed by atoms with van der Waals surface area (Å²) in [7, 11) is -2.13. The summed E-state index contributed by atoms with van der Waals surface area (Å²) >= 11 is 0. The van der Waals surface area contributed by atoms with E-state index in [0.717, 1.165) is 18.4 Å². The Morgan fingerprint density at radius 2 is 1.74 bits per heavy atom. The minimum atomic E-state index is -3.88. The fraction of sp³-hybridized carbons (Fsp3) is 0.308. The van der Waals surface area contributed by atoms with E-state index in [-0.39, 0.29) is 22.0 Å². The van der Waals surface area contributed by atoms with Gasteiger partial charge >= 0.3 is 5.97 Å². The molecule has 7 nitrogen and oxygen atoms in total. The highest BCUT2D eigenvalue weighted by Gasteiger charge is 2.21. The largest absolute Gasteiger partial charge is 0.478 e. The Morgan fingerprint density at radius 3 is 2.38 bits per heavy atom. The van der Waals surface area contributed by atoms with E-state index in [1.807, 2.05) is 42.5 Å². The lowest BCUT2D eigenvalue weighted by molar-refractivity contribution is 0.0697. The van der Waals surface area contributed by atoms with Gasteiger partial charge in [-0.2, -0.15) is 0 Å². The van der Waals surface area contributed by atoms with Gasteiger partial charge in [0.1, 0.15) is 11.4 Å². The predicted octanol–water partition coefficient (Wildman–Crippen LogP) is 5.26. The molecule has 178 valence electrons. The van der Waals surface area contributed by atoms with Crippen LogP contribution in [-0.4, -0.2) is 31.5 Å². The van der Waals surface area contributed by atoms with Crippen molar-refractivity contribution in [2.75, 3.05) is 16.7 Å². The Morgan fingerprint density at radius 1 is 1.06 bits per heavy atom. The van der Waals surface area contributed by atoms with Crippen molar-refractivity contribution in [3.8, 4) is 0 Å². The van der Waals surface area contributed by atoms with Crippen LogP contribution < -0.4 is 9.62 Å². The number of pyridine rings is 1. The first-order valence-electron chi connectivity index (χ1n) is 11.4. The van der Waals surface area contributed by atoms with Crippen LogP contribution in [0.3, 0.4) is 0 Å². The summed E-state index contributed by atoms with van der Waals surface area (Å²) in [4.78, 5) is 18.0. The standard InChI is InChI=1S/C26H29N3O4S/c1-29(18-19-8-4-2-5-9-19)25-24(26(30)31)16-22(17-27-25)28-34(32,33)23-14-12-21(13-15-23)20-10-6-3-7-11-20/h2,4-5,8-9,12-17,20,28H,3,6-7,10-11,18H2,1H3,(H,30,31). The molecule has 1 aromatic heterocycles. The van der Waals surface area contributed by atoms with E-state index < -0.39 is 16.0 Å². The van der Waals surface area contributed by atoms with Gasteiger partial charge in [0, 0.05) is 13.6 Å². The number of benzene rings is 2. The smallest absolute Gasteiger partial charge is 0.339 e. The molecule has 0 amide bonds. The number of anilines is 2. The number of nitrogens with one attached hydrogen (secondary N) is 1. The number of rotatable bonds is 8. The van der Waals surface area contributed by atoms with Crippen LogP contribution in [0.25, 0.3) is 0 Å². The van der Waals surface area contributed by atoms with Crippen LogP contribution in [0, 0.1) is 0 Å². The third-order valence-corrected chi connectivity index (χ3v) is 7.64. The van der Waals surface area contributed by atoms with Crippen LogP contribution in [0.5, 0.6) is 0 Å². The maximum Gasteiger partial charge on any atom is 0.339 e. The molecule has 1 saturated carbocycles. The second-order valence-electron chi connectivity index (χ2n) is 8.75. The van der Waals surface area contributed by atoms with Crippen LogP contribution in [-0.2, 0) is 16.6 Å². The van der Waals surface area contributed by atoms with Crippen molar-refractivity contribution in [3.63, 3.8) is 0 Å². The normalized spacial score (nSPS) is 14.5. The lowest BCUT2D eigenvalue weighted by Gasteiger charge is -2.22. The first kappa shape index (κ1) is 23.8. The van der Waals surface area contributed by atoms with Gasteiger partial charge in [-0.05, 0) is 48.1 Å². The van der Waals surface area contributed by atoms with Gasteiger partial charge in [0.25, 0.3) is 10.0 Å². The monoisotopic (exact) mass is 479 g/mol. The van der Waals surface area contributed by atoms with Crippen molar-refractivity contribution in [1.29, 1.82) is 0 Å². The summed E-state index contributed by atoms with van der Waals surface area (Å²) in [6, 6.07) is 17.9. The Kier molecular flexibility index (Phi) is 7.17. The molecular weight excluding hydrogens is 450 g/mol.